The molecule has 197 valence electrons. The lowest BCUT2D eigenvalue weighted by atomic mass is 9.86. The molecule has 1 saturated heterocycles. The molecule has 0 saturated carbocycles. The Bertz CT molecular complexity index is 1270. The highest BCUT2D eigenvalue weighted by Gasteiger charge is 2.35. The summed E-state index contributed by atoms with van der Waals surface area (Å²) in [5.74, 6) is -0.735. The molecule has 1 aliphatic rings. The number of alkyl halides is 3. The Balaban J connectivity index is 1.47. The van der Waals surface area contributed by atoms with E-state index in [1.807, 2.05) is 10.9 Å². The number of anilines is 2. The lowest BCUT2D eigenvalue weighted by Gasteiger charge is -2.30. The summed E-state index contributed by atoms with van der Waals surface area (Å²) in [6, 6.07) is 10.5. The summed E-state index contributed by atoms with van der Waals surface area (Å²) < 4.78 is 41.0. The number of hydrogen-bond donors (Lipinski definition) is 2. The van der Waals surface area contributed by atoms with E-state index in [0.717, 1.165) is 44.0 Å². The average Bonchev–Trinajstić information content (AvgIpc) is 2.88. The molecule has 12 heteroatoms. The number of nitrogens with one attached hydrogen (secondary N) is 1. The van der Waals surface area contributed by atoms with Gasteiger partial charge in [-0.15, -0.1) is 0 Å². The van der Waals surface area contributed by atoms with Crippen LogP contribution in [0.2, 0.25) is 0 Å². The van der Waals surface area contributed by atoms with Gasteiger partial charge in [0.2, 0.25) is 5.95 Å². The van der Waals surface area contributed by atoms with Gasteiger partial charge in [0.1, 0.15) is 0 Å². The van der Waals surface area contributed by atoms with Crippen LogP contribution in [0.25, 0.3) is 0 Å². The van der Waals surface area contributed by atoms with Crippen molar-refractivity contribution in [2.45, 2.75) is 44.2 Å². The smallest absolute Gasteiger partial charge is 0.419 e. The fourth-order valence-corrected chi connectivity index (χ4v) is 4.57. The number of halogens is 3. The molecule has 0 aliphatic carbocycles. The Morgan fingerprint density at radius 1 is 1.08 bits per heavy atom. The van der Waals surface area contributed by atoms with Gasteiger partial charge in [-0.25, -0.2) is 9.97 Å². The highest BCUT2D eigenvalue weighted by molar-refractivity contribution is 6.64. The molecule has 2 aromatic heterocycles. The minimum Gasteiger partial charge on any atom is -0.481 e. The highest BCUT2D eigenvalue weighted by Crippen LogP contribution is 2.32. The maximum atomic E-state index is 13.7. The number of nitrogens with zero attached hydrogens (tertiary/aromatic N) is 4. The molecule has 38 heavy (non-hydrogen) atoms. The van der Waals surface area contributed by atoms with Crippen LogP contribution in [0.5, 0.6) is 0 Å². The molecule has 1 aliphatic heterocycles. The Morgan fingerprint density at radius 2 is 1.82 bits per heavy atom. The average molecular weight is 524 g/mol. The summed E-state index contributed by atoms with van der Waals surface area (Å²) in [7, 11) is 1.55. The molecule has 1 radical (unpaired) electrons. The summed E-state index contributed by atoms with van der Waals surface area (Å²) in [5, 5.41) is 12.1. The largest absolute Gasteiger partial charge is 0.481 e. The van der Waals surface area contributed by atoms with E-state index in [9.17, 15) is 22.8 Å². The van der Waals surface area contributed by atoms with Crippen molar-refractivity contribution in [3.8, 4) is 0 Å². The minimum absolute atomic E-state index is 0.0130. The van der Waals surface area contributed by atoms with Crippen molar-refractivity contribution in [3.05, 3.63) is 76.9 Å². The molecule has 0 unspecified atom stereocenters. The number of piperidine rings is 1. The quantitative estimate of drug-likeness (QED) is 0.302. The van der Waals surface area contributed by atoms with Crippen molar-refractivity contribution in [1.82, 2.24) is 19.8 Å². The van der Waals surface area contributed by atoms with Gasteiger partial charge >= 0.3 is 12.1 Å². The van der Waals surface area contributed by atoms with Crippen molar-refractivity contribution in [3.63, 3.8) is 0 Å². The van der Waals surface area contributed by atoms with Crippen LogP contribution in [0, 0.1) is 0 Å². The lowest BCUT2D eigenvalue weighted by molar-refractivity contribution is -0.139. The molecule has 1 fully saturated rings. The first-order valence-electron chi connectivity index (χ1n) is 12.2. The minimum atomic E-state index is -4.63. The Morgan fingerprint density at radius 3 is 2.45 bits per heavy atom. The van der Waals surface area contributed by atoms with Crippen LogP contribution in [-0.4, -0.2) is 57.5 Å². The van der Waals surface area contributed by atoms with Gasteiger partial charge in [0.25, 0.3) is 7.41 Å². The normalized spacial score (nSPS) is 14.7. The summed E-state index contributed by atoms with van der Waals surface area (Å²) in [5.41, 5.74) is 1.56. The number of hydrogen-bond acceptors (Lipinski definition) is 7. The van der Waals surface area contributed by atoms with E-state index in [1.54, 1.807) is 43.9 Å². The fraction of sp³-hybridized carbons (Fsp3) is 0.346. The molecular weight excluding hydrogens is 498 g/mol. The van der Waals surface area contributed by atoms with Crippen LogP contribution in [0.15, 0.2) is 48.8 Å². The molecular formula is C26H26BF3N5O3. The van der Waals surface area contributed by atoms with Crippen LogP contribution in [-0.2, 0) is 35.0 Å². The van der Waals surface area contributed by atoms with E-state index < -0.39 is 17.7 Å². The number of rotatable bonds is 10. The molecule has 3 heterocycles. The number of pyridine rings is 1. The number of benzene rings is 1. The third-order valence-corrected chi connectivity index (χ3v) is 6.53. The van der Waals surface area contributed by atoms with E-state index in [2.05, 4.69) is 20.3 Å². The van der Waals surface area contributed by atoms with Gasteiger partial charge in [0.15, 0.2) is 0 Å². The SMILES string of the molecule is O=C[B]N1CCC(c2ccc(Nc3ncc(C(F)(F)F)c(CCc4ccccc4CC(=O)O)n3)cn2)CC1. The number of carbonyl (C=O) groups excluding carboxylic acids is 1. The number of carboxylic acids is 1. The molecule has 8 nitrogen and oxygen atoms in total. The van der Waals surface area contributed by atoms with Crippen molar-refractivity contribution in [2.75, 3.05) is 18.4 Å². The predicted molar refractivity (Wildman–Crippen MR) is 136 cm³/mol. The van der Waals surface area contributed by atoms with Crippen LogP contribution < -0.4 is 5.32 Å². The zero-order chi connectivity index (χ0) is 27.1. The summed E-state index contributed by atoms with van der Waals surface area (Å²) in [6.45, 7) is 1.54. The van der Waals surface area contributed by atoms with Gasteiger partial charge in [-0.3, -0.25) is 9.78 Å². The Labute approximate surface area is 218 Å². The number of carboxylic acid groups (broad SMARTS) is 1. The van der Waals surface area contributed by atoms with E-state index in [0.29, 0.717) is 16.8 Å². The highest BCUT2D eigenvalue weighted by atomic mass is 19.4. The third-order valence-electron chi connectivity index (χ3n) is 6.53. The fourth-order valence-electron chi connectivity index (χ4n) is 4.57. The number of aliphatic carboxylic acids is 1. The molecule has 2 N–H and O–H groups in total. The van der Waals surface area contributed by atoms with E-state index >= 15 is 0 Å². The Hall–Kier alpha value is -3.80. The summed E-state index contributed by atoms with van der Waals surface area (Å²) in [4.78, 5) is 36.3. The Kier molecular flexibility index (Phi) is 8.72. The standard InChI is InChI=1S/C26H26BF3N5O3/c28-26(29,30)21-15-32-25(34-23(21)7-5-17-3-1-2-4-19(17)13-24(37)38)33-20-6-8-22(31-14-20)18-9-11-35(12-10-18)27-16-36/h1-4,6,8,14-16,18H,5,7,9-13H2,(H,37,38)(H,32,33,34). The second-order valence-corrected chi connectivity index (χ2v) is 9.08. The number of aryl methyl sites for hydroxylation is 2. The first-order chi connectivity index (χ1) is 18.2. The number of aromatic nitrogens is 3. The zero-order valence-corrected chi connectivity index (χ0v) is 20.5. The third kappa shape index (κ3) is 7.15. The molecule has 0 bridgehead atoms. The van der Waals surface area contributed by atoms with Gasteiger partial charge < -0.3 is 20.0 Å². The van der Waals surface area contributed by atoms with Gasteiger partial charge in [-0.05, 0) is 62.0 Å². The van der Waals surface area contributed by atoms with Crippen molar-refractivity contribution in [2.24, 2.45) is 0 Å². The van der Waals surface area contributed by atoms with Gasteiger partial charge in [-0.1, -0.05) is 24.3 Å². The predicted octanol–water partition coefficient (Wildman–Crippen LogP) is 4.04. The van der Waals surface area contributed by atoms with Gasteiger partial charge in [-0.2, -0.15) is 13.2 Å². The van der Waals surface area contributed by atoms with E-state index in [1.165, 1.54) is 0 Å². The van der Waals surface area contributed by atoms with Crippen molar-refractivity contribution < 1.29 is 27.9 Å². The van der Waals surface area contributed by atoms with E-state index in [4.69, 9.17) is 5.11 Å². The van der Waals surface area contributed by atoms with Crippen molar-refractivity contribution in [1.29, 1.82) is 0 Å². The second kappa shape index (κ2) is 12.2. The second-order valence-electron chi connectivity index (χ2n) is 9.08. The zero-order valence-electron chi connectivity index (χ0n) is 20.5. The van der Waals surface area contributed by atoms with Crippen LogP contribution in [0.1, 0.15) is 46.8 Å². The summed E-state index contributed by atoms with van der Waals surface area (Å²) in [6.07, 6.45) is 0.196. The molecule has 0 amide bonds. The molecule has 0 atom stereocenters. The number of carbonyl (C=O) groups is 2. The van der Waals surface area contributed by atoms with Crippen LogP contribution in [0.4, 0.5) is 24.8 Å². The molecule has 1 aromatic carbocycles. The molecule has 0 spiro atoms. The van der Waals surface area contributed by atoms with Gasteiger partial charge in [0.05, 0.1) is 35.7 Å². The van der Waals surface area contributed by atoms with Gasteiger partial charge in [0, 0.05) is 17.8 Å². The van der Waals surface area contributed by atoms with E-state index in [-0.39, 0.29) is 36.8 Å². The van der Waals surface area contributed by atoms with Crippen LogP contribution >= 0.6 is 0 Å². The van der Waals surface area contributed by atoms with Crippen LogP contribution in [0.3, 0.4) is 0 Å². The topological polar surface area (TPSA) is 108 Å². The monoisotopic (exact) mass is 524 g/mol. The lowest BCUT2D eigenvalue weighted by Crippen LogP contribution is -2.36. The molecule has 4 rings (SSSR count). The maximum absolute atomic E-state index is 13.7. The first-order valence-corrected chi connectivity index (χ1v) is 12.2. The molecule has 3 aromatic rings. The van der Waals surface area contributed by atoms with Crippen molar-refractivity contribution >= 4 is 31.2 Å². The first kappa shape index (κ1) is 27.2. The maximum Gasteiger partial charge on any atom is 0.419 e. The summed E-state index contributed by atoms with van der Waals surface area (Å²) >= 11 is 0.